The van der Waals surface area contributed by atoms with E-state index in [0.29, 0.717) is 5.56 Å². The second-order valence-electron chi connectivity index (χ2n) is 3.65. The minimum atomic E-state index is -3.43. The molecule has 1 aromatic carbocycles. The van der Waals surface area contributed by atoms with Crippen molar-refractivity contribution in [2.75, 3.05) is 6.26 Å². The van der Waals surface area contributed by atoms with Crippen LogP contribution in [0.25, 0.3) is 11.3 Å². The summed E-state index contributed by atoms with van der Waals surface area (Å²) in [5.41, 5.74) is 0.0216. The number of aromatic carboxylic acids is 1. The van der Waals surface area contributed by atoms with Crippen LogP contribution >= 0.6 is 0 Å². The van der Waals surface area contributed by atoms with E-state index in [4.69, 9.17) is 9.63 Å². The van der Waals surface area contributed by atoms with Crippen LogP contribution in [0, 0.1) is 0 Å². The molecule has 94 valence electrons. The van der Waals surface area contributed by atoms with Crippen LogP contribution in [0.3, 0.4) is 0 Å². The second-order valence-corrected chi connectivity index (χ2v) is 5.63. The largest absolute Gasteiger partial charge is 0.476 e. The summed E-state index contributed by atoms with van der Waals surface area (Å²) in [6.45, 7) is 0. The molecule has 0 aliphatic heterocycles. The number of sulfone groups is 1. The first-order valence-electron chi connectivity index (χ1n) is 4.89. The second kappa shape index (κ2) is 4.26. The molecule has 0 radical (unpaired) electrons. The lowest BCUT2D eigenvalue weighted by atomic mass is 10.1. The number of carbonyl (C=O) groups is 1. The van der Waals surface area contributed by atoms with Gasteiger partial charge in [-0.15, -0.1) is 0 Å². The molecule has 0 saturated heterocycles. The highest BCUT2D eigenvalue weighted by Crippen LogP contribution is 2.27. The Balaban J connectivity index is 2.61. The van der Waals surface area contributed by atoms with Crippen molar-refractivity contribution < 1.29 is 22.8 Å². The van der Waals surface area contributed by atoms with Gasteiger partial charge in [0.05, 0.1) is 4.90 Å². The zero-order valence-electron chi connectivity index (χ0n) is 9.32. The van der Waals surface area contributed by atoms with Gasteiger partial charge in [-0.3, -0.25) is 0 Å². The Labute approximate surface area is 103 Å². The standard InChI is InChI=1S/C11H9NO5S/c1-18(15,16)10-5-3-2-4-7(10)9-6-8(11(13)14)12-17-9/h2-6H,1H3,(H,13,14). The average Bonchev–Trinajstić information content (AvgIpc) is 2.77. The van der Waals surface area contributed by atoms with Crippen LogP contribution in [-0.2, 0) is 9.84 Å². The third-order valence-corrected chi connectivity index (χ3v) is 3.44. The molecule has 1 heterocycles. The maximum Gasteiger partial charge on any atom is 0.358 e. The van der Waals surface area contributed by atoms with Gasteiger partial charge < -0.3 is 9.63 Å². The van der Waals surface area contributed by atoms with E-state index >= 15 is 0 Å². The monoisotopic (exact) mass is 267 g/mol. The van der Waals surface area contributed by atoms with Crippen molar-refractivity contribution in [1.82, 2.24) is 5.16 Å². The smallest absolute Gasteiger partial charge is 0.358 e. The molecule has 1 N–H and O–H groups in total. The molecule has 0 saturated carbocycles. The lowest BCUT2D eigenvalue weighted by Gasteiger charge is -2.03. The van der Waals surface area contributed by atoms with Gasteiger partial charge in [0.15, 0.2) is 21.3 Å². The van der Waals surface area contributed by atoms with Crippen molar-refractivity contribution in [3.63, 3.8) is 0 Å². The number of nitrogens with zero attached hydrogens (tertiary/aromatic N) is 1. The highest BCUT2D eigenvalue weighted by Gasteiger charge is 2.19. The van der Waals surface area contributed by atoms with Crippen LogP contribution in [0.2, 0.25) is 0 Å². The number of rotatable bonds is 3. The van der Waals surface area contributed by atoms with E-state index in [2.05, 4.69) is 5.16 Å². The predicted molar refractivity (Wildman–Crippen MR) is 62.0 cm³/mol. The Morgan fingerprint density at radius 2 is 2.00 bits per heavy atom. The number of hydrogen-bond donors (Lipinski definition) is 1. The third kappa shape index (κ3) is 2.25. The van der Waals surface area contributed by atoms with Crippen LogP contribution in [0.1, 0.15) is 10.5 Å². The van der Waals surface area contributed by atoms with E-state index in [0.717, 1.165) is 6.26 Å². The molecule has 0 aliphatic rings. The fourth-order valence-electron chi connectivity index (χ4n) is 1.50. The Bertz CT molecular complexity index is 702. The molecule has 0 amide bonds. The summed E-state index contributed by atoms with van der Waals surface area (Å²) in [4.78, 5) is 10.8. The average molecular weight is 267 g/mol. The summed E-state index contributed by atoms with van der Waals surface area (Å²) in [6, 6.07) is 7.35. The zero-order chi connectivity index (χ0) is 13.3. The predicted octanol–water partition coefficient (Wildman–Crippen LogP) is 1.44. The molecule has 0 bridgehead atoms. The first-order chi connectivity index (χ1) is 8.39. The number of benzene rings is 1. The highest BCUT2D eigenvalue weighted by atomic mass is 32.2. The van der Waals surface area contributed by atoms with Crippen LogP contribution in [0.4, 0.5) is 0 Å². The number of carboxylic acid groups (broad SMARTS) is 1. The van der Waals surface area contributed by atoms with E-state index in [1.54, 1.807) is 12.1 Å². The molecule has 18 heavy (non-hydrogen) atoms. The minimum Gasteiger partial charge on any atom is -0.476 e. The number of aromatic nitrogens is 1. The van der Waals surface area contributed by atoms with Gasteiger partial charge in [-0.25, -0.2) is 13.2 Å². The van der Waals surface area contributed by atoms with E-state index in [9.17, 15) is 13.2 Å². The van der Waals surface area contributed by atoms with Crippen LogP contribution in [-0.4, -0.2) is 30.9 Å². The van der Waals surface area contributed by atoms with E-state index in [1.807, 2.05) is 0 Å². The molecule has 0 fully saturated rings. The fraction of sp³-hybridized carbons (Fsp3) is 0.0909. The molecular formula is C11H9NO5S. The molecule has 2 aromatic rings. The third-order valence-electron chi connectivity index (χ3n) is 2.28. The lowest BCUT2D eigenvalue weighted by molar-refractivity contribution is 0.0686. The van der Waals surface area contributed by atoms with Gasteiger partial charge in [0.25, 0.3) is 0 Å². The van der Waals surface area contributed by atoms with E-state index in [-0.39, 0.29) is 16.3 Å². The summed E-state index contributed by atoms with van der Waals surface area (Å²) in [6.07, 6.45) is 1.07. The van der Waals surface area contributed by atoms with Gasteiger partial charge in [0, 0.05) is 17.9 Å². The van der Waals surface area contributed by atoms with Crippen LogP contribution in [0.5, 0.6) is 0 Å². The summed E-state index contributed by atoms with van der Waals surface area (Å²) in [5, 5.41) is 12.1. The van der Waals surface area contributed by atoms with Gasteiger partial charge in [0.1, 0.15) is 0 Å². The Kier molecular flexibility index (Phi) is 2.92. The van der Waals surface area contributed by atoms with Crippen molar-refractivity contribution in [2.45, 2.75) is 4.90 Å². The van der Waals surface area contributed by atoms with Gasteiger partial charge in [-0.2, -0.15) is 0 Å². The van der Waals surface area contributed by atoms with Crippen molar-refractivity contribution in [1.29, 1.82) is 0 Å². The molecule has 0 aliphatic carbocycles. The molecule has 0 atom stereocenters. The van der Waals surface area contributed by atoms with Gasteiger partial charge in [-0.1, -0.05) is 17.3 Å². The van der Waals surface area contributed by atoms with Crippen molar-refractivity contribution >= 4 is 15.8 Å². The maximum absolute atomic E-state index is 11.6. The molecule has 0 spiro atoms. The molecule has 0 unspecified atom stereocenters. The normalized spacial score (nSPS) is 11.4. The molecular weight excluding hydrogens is 258 g/mol. The topological polar surface area (TPSA) is 97.5 Å². The van der Waals surface area contributed by atoms with Gasteiger partial charge >= 0.3 is 5.97 Å². The summed E-state index contributed by atoms with van der Waals surface area (Å²) < 4.78 is 28.0. The van der Waals surface area contributed by atoms with E-state index in [1.165, 1.54) is 18.2 Å². The number of hydrogen-bond acceptors (Lipinski definition) is 5. The quantitative estimate of drug-likeness (QED) is 0.903. The Hall–Kier alpha value is -2.15. The number of carboxylic acids is 1. The van der Waals surface area contributed by atoms with Crippen molar-refractivity contribution in [3.05, 3.63) is 36.0 Å². The molecule has 6 nitrogen and oxygen atoms in total. The summed E-state index contributed by atoms with van der Waals surface area (Å²) >= 11 is 0. The summed E-state index contributed by atoms with van der Waals surface area (Å²) in [5.74, 6) is -1.13. The van der Waals surface area contributed by atoms with Crippen LogP contribution in [0.15, 0.2) is 39.8 Å². The van der Waals surface area contributed by atoms with Crippen molar-refractivity contribution in [2.24, 2.45) is 0 Å². The molecule has 7 heteroatoms. The van der Waals surface area contributed by atoms with Crippen molar-refractivity contribution in [3.8, 4) is 11.3 Å². The maximum atomic E-state index is 11.6. The Morgan fingerprint density at radius 3 is 2.56 bits per heavy atom. The highest BCUT2D eigenvalue weighted by molar-refractivity contribution is 7.90. The zero-order valence-corrected chi connectivity index (χ0v) is 10.1. The van der Waals surface area contributed by atoms with Gasteiger partial charge in [-0.05, 0) is 12.1 Å². The lowest BCUT2D eigenvalue weighted by Crippen LogP contribution is -1.99. The Morgan fingerprint density at radius 1 is 1.33 bits per heavy atom. The first-order valence-corrected chi connectivity index (χ1v) is 6.78. The fourth-order valence-corrected chi connectivity index (χ4v) is 2.39. The summed E-state index contributed by atoms with van der Waals surface area (Å²) in [7, 11) is -3.43. The molecule has 2 rings (SSSR count). The molecule has 1 aromatic heterocycles. The van der Waals surface area contributed by atoms with Gasteiger partial charge in [0.2, 0.25) is 0 Å². The SMILES string of the molecule is CS(=O)(=O)c1ccccc1-c1cc(C(=O)O)no1. The minimum absolute atomic E-state index is 0.0677. The first kappa shape index (κ1) is 12.3. The van der Waals surface area contributed by atoms with Crippen LogP contribution < -0.4 is 0 Å². The van der Waals surface area contributed by atoms with E-state index < -0.39 is 15.8 Å².